The summed E-state index contributed by atoms with van der Waals surface area (Å²) in [6, 6.07) is 11.4. The Labute approximate surface area is 136 Å². The molecule has 4 rings (SSSR count). The molecule has 118 valence electrons. The van der Waals surface area contributed by atoms with Gasteiger partial charge in [0.15, 0.2) is 0 Å². The van der Waals surface area contributed by atoms with Crippen molar-refractivity contribution in [2.75, 3.05) is 0 Å². The number of pyridine rings is 1. The van der Waals surface area contributed by atoms with Gasteiger partial charge in [0.05, 0.1) is 0 Å². The third kappa shape index (κ3) is 2.74. The molecule has 7 heteroatoms. The average molecular weight is 319 g/mol. The zero-order valence-corrected chi connectivity index (χ0v) is 12.6. The van der Waals surface area contributed by atoms with E-state index in [9.17, 15) is 4.79 Å². The zero-order chi connectivity index (χ0) is 16.4. The highest BCUT2D eigenvalue weighted by molar-refractivity contribution is 5.90. The van der Waals surface area contributed by atoms with Crippen molar-refractivity contribution in [3.63, 3.8) is 0 Å². The topological polar surface area (TPSA) is 96.7 Å². The maximum atomic E-state index is 12.1. The number of nitrogens with one attached hydrogen (secondary N) is 2. The fourth-order valence-corrected chi connectivity index (χ4v) is 2.39. The van der Waals surface area contributed by atoms with Crippen LogP contribution in [0.25, 0.3) is 22.3 Å². The molecule has 1 amide bonds. The minimum Gasteiger partial charge on any atom is -0.361 e. The van der Waals surface area contributed by atoms with E-state index >= 15 is 0 Å². The van der Waals surface area contributed by atoms with Gasteiger partial charge < -0.3 is 14.8 Å². The van der Waals surface area contributed by atoms with E-state index in [1.807, 2.05) is 42.6 Å². The Morgan fingerprint density at radius 3 is 3.08 bits per heavy atom. The van der Waals surface area contributed by atoms with Crippen LogP contribution in [0.15, 0.2) is 59.5 Å². The van der Waals surface area contributed by atoms with Crippen molar-refractivity contribution in [3.05, 3.63) is 66.4 Å². The average Bonchev–Trinajstić information content (AvgIpc) is 3.29. The van der Waals surface area contributed by atoms with Gasteiger partial charge in [0.2, 0.25) is 5.82 Å². The fourth-order valence-electron chi connectivity index (χ4n) is 2.39. The molecular weight excluding hydrogens is 306 g/mol. The Hall–Kier alpha value is -3.48. The van der Waals surface area contributed by atoms with Crippen molar-refractivity contribution >= 4 is 16.8 Å². The molecule has 0 spiro atoms. The van der Waals surface area contributed by atoms with Gasteiger partial charge in [-0.25, -0.2) is 0 Å². The number of carbonyl (C=O) groups is 1. The Morgan fingerprint density at radius 1 is 1.25 bits per heavy atom. The maximum absolute atomic E-state index is 12.1. The van der Waals surface area contributed by atoms with Crippen molar-refractivity contribution in [1.29, 1.82) is 0 Å². The highest BCUT2D eigenvalue weighted by atomic mass is 16.5. The molecule has 0 aliphatic heterocycles. The van der Waals surface area contributed by atoms with Gasteiger partial charge in [-0.05, 0) is 35.9 Å². The first-order valence-electron chi connectivity index (χ1n) is 7.38. The summed E-state index contributed by atoms with van der Waals surface area (Å²) in [6.45, 7) is 0.347. The number of hydrogen-bond acceptors (Lipinski definition) is 5. The molecule has 0 aliphatic rings. The second kappa shape index (κ2) is 5.96. The summed E-state index contributed by atoms with van der Waals surface area (Å²) in [5.74, 6) is -0.104. The molecule has 4 aromatic rings. The number of amides is 1. The summed E-state index contributed by atoms with van der Waals surface area (Å²) in [4.78, 5) is 23.4. The number of aromatic nitrogens is 4. The van der Waals surface area contributed by atoms with Crippen LogP contribution < -0.4 is 5.32 Å². The van der Waals surface area contributed by atoms with E-state index in [0.717, 1.165) is 22.0 Å². The van der Waals surface area contributed by atoms with Crippen molar-refractivity contribution in [2.24, 2.45) is 0 Å². The predicted octanol–water partition coefficient (Wildman–Crippen LogP) is 2.54. The number of benzene rings is 1. The lowest BCUT2D eigenvalue weighted by Crippen LogP contribution is -2.23. The summed E-state index contributed by atoms with van der Waals surface area (Å²) in [7, 11) is 0. The van der Waals surface area contributed by atoms with Gasteiger partial charge in [-0.3, -0.25) is 9.78 Å². The molecule has 0 radical (unpaired) electrons. The van der Waals surface area contributed by atoms with Crippen LogP contribution in [-0.2, 0) is 6.54 Å². The largest absolute Gasteiger partial charge is 0.361 e. The minimum absolute atomic E-state index is 0.0666. The van der Waals surface area contributed by atoms with E-state index < -0.39 is 5.91 Å². The van der Waals surface area contributed by atoms with Crippen LogP contribution >= 0.6 is 0 Å². The quantitative estimate of drug-likeness (QED) is 0.602. The summed E-state index contributed by atoms with van der Waals surface area (Å²) < 4.78 is 5.07. The Balaban J connectivity index is 1.50. The van der Waals surface area contributed by atoms with E-state index in [1.54, 1.807) is 12.4 Å². The zero-order valence-electron chi connectivity index (χ0n) is 12.6. The lowest BCUT2D eigenvalue weighted by atomic mass is 10.1. The van der Waals surface area contributed by atoms with E-state index in [-0.39, 0.29) is 5.89 Å². The highest BCUT2D eigenvalue weighted by Gasteiger charge is 2.16. The first-order chi connectivity index (χ1) is 11.8. The monoisotopic (exact) mass is 319 g/mol. The predicted molar refractivity (Wildman–Crippen MR) is 87.0 cm³/mol. The molecule has 0 saturated carbocycles. The minimum atomic E-state index is -0.416. The normalized spacial score (nSPS) is 10.8. The van der Waals surface area contributed by atoms with Crippen LogP contribution in [-0.4, -0.2) is 26.0 Å². The molecule has 7 nitrogen and oxygen atoms in total. The second-order valence-corrected chi connectivity index (χ2v) is 5.25. The molecule has 0 bridgehead atoms. The molecule has 3 heterocycles. The third-order valence-corrected chi connectivity index (χ3v) is 3.61. The first-order valence-corrected chi connectivity index (χ1v) is 7.38. The van der Waals surface area contributed by atoms with Crippen molar-refractivity contribution in [1.82, 2.24) is 25.4 Å². The molecular formula is C17H13N5O2. The Kier molecular flexibility index (Phi) is 3.51. The number of aromatic amines is 1. The number of fused-ring (bicyclic) bond motifs is 1. The van der Waals surface area contributed by atoms with Crippen LogP contribution in [0.2, 0.25) is 0 Å². The fraction of sp³-hybridized carbons (Fsp3) is 0.0588. The van der Waals surface area contributed by atoms with Gasteiger partial charge in [-0.2, -0.15) is 4.98 Å². The molecule has 0 atom stereocenters. The van der Waals surface area contributed by atoms with E-state index in [4.69, 9.17) is 4.52 Å². The van der Waals surface area contributed by atoms with Crippen LogP contribution in [0.4, 0.5) is 0 Å². The van der Waals surface area contributed by atoms with Crippen molar-refractivity contribution in [2.45, 2.75) is 6.54 Å². The summed E-state index contributed by atoms with van der Waals surface area (Å²) in [6.07, 6.45) is 5.23. The standard InChI is InChI=1S/C17H13N5O2/c23-16(20-10-11-2-1-6-18-9-11)17-21-15(22-24-17)13-3-4-14-12(8-13)5-7-19-14/h1-9,19H,10H2,(H,20,23). The first kappa shape index (κ1) is 14.1. The van der Waals surface area contributed by atoms with Crippen molar-refractivity contribution < 1.29 is 9.32 Å². The summed E-state index contributed by atoms with van der Waals surface area (Å²) in [5.41, 5.74) is 2.71. The van der Waals surface area contributed by atoms with Crippen LogP contribution in [0.3, 0.4) is 0 Å². The van der Waals surface area contributed by atoms with E-state index in [2.05, 4.69) is 25.4 Å². The molecule has 0 fully saturated rings. The van der Waals surface area contributed by atoms with Gasteiger partial charge in [0.25, 0.3) is 0 Å². The van der Waals surface area contributed by atoms with Gasteiger partial charge >= 0.3 is 11.8 Å². The highest BCUT2D eigenvalue weighted by Crippen LogP contribution is 2.21. The molecule has 0 saturated heterocycles. The number of nitrogens with zero attached hydrogens (tertiary/aromatic N) is 3. The molecule has 0 aliphatic carbocycles. The lowest BCUT2D eigenvalue weighted by Gasteiger charge is -2.00. The summed E-state index contributed by atoms with van der Waals surface area (Å²) >= 11 is 0. The van der Waals surface area contributed by atoms with E-state index in [0.29, 0.717) is 12.4 Å². The number of hydrogen-bond donors (Lipinski definition) is 2. The SMILES string of the molecule is O=C(NCc1cccnc1)c1nc(-c2ccc3[nH]ccc3c2)no1. The smallest absolute Gasteiger partial charge is 0.316 e. The van der Waals surface area contributed by atoms with Gasteiger partial charge in [0, 0.05) is 41.6 Å². The molecule has 24 heavy (non-hydrogen) atoms. The maximum Gasteiger partial charge on any atom is 0.316 e. The number of H-pyrrole nitrogens is 1. The summed E-state index contributed by atoms with van der Waals surface area (Å²) in [5, 5.41) is 7.65. The van der Waals surface area contributed by atoms with Crippen LogP contribution in [0.1, 0.15) is 16.2 Å². The Bertz CT molecular complexity index is 990. The van der Waals surface area contributed by atoms with E-state index in [1.165, 1.54) is 0 Å². The third-order valence-electron chi connectivity index (χ3n) is 3.61. The Morgan fingerprint density at radius 2 is 2.21 bits per heavy atom. The van der Waals surface area contributed by atoms with Gasteiger partial charge in [-0.1, -0.05) is 11.2 Å². The van der Waals surface area contributed by atoms with Crippen LogP contribution in [0, 0.1) is 0 Å². The van der Waals surface area contributed by atoms with Crippen LogP contribution in [0.5, 0.6) is 0 Å². The second-order valence-electron chi connectivity index (χ2n) is 5.25. The number of rotatable bonds is 4. The molecule has 1 aromatic carbocycles. The molecule has 0 unspecified atom stereocenters. The van der Waals surface area contributed by atoms with Gasteiger partial charge in [-0.15, -0.1) is 0 Å². The number of carbonyl (C=O) groups excluding carboxylic acids is 1. The molecule has 3 aromatic heterocycles. The van der Waals surface area contributed by atoms with Gasteiger partial charge in [0.1, 0.15) is 0 Å². The molecule has 2 N–H and O–H groups in total. The lowest BCUT2D eigenvalue weighted by molar-refractivity contribution is 0.0907. The van der Waals surface area contributed by atoms with Crippen molar-refractivity contribution in [3.8, 4) is 11.4 Å².